The van der Waals surface area contributed by atoms with E-state index in [9.17, 15) is 9.90 Å². The van der Waals surface area contributed by atoms with Gasteiger partial charge in [-0.05, 0) is 50.8 Å². The third kappa shape index (κ3) is 4.02. The molecule has 0 saturated carbocycles. The molecule has 0 aromatic heterocycles. The fourth-order valence-corrected chi connectivity index (χ4v) is 2.97. The van der Waals surface area contributed by atoms with Gasteiger partial charge in [-0.3, -0.25) is 4.79 Å². The van der Waals surface area contributed by atoms with Gasteiger partial charge < -0.3 is 19.5 Å². The van der Waals surface area contributed by atoms with Gasteiger partial charge >= 0.3 is 0 Å². The van der Waals surface area contributed by atoms with E-state index in [1.807, 2.05) is 24.8 Å². The van der Waals surface area contributed by atoms with Gasteiger partial charge in [0.1, 0.15) is 5.76 Å². The number of phenols is 1. The summed E-state index contributed by atoms with van der Waals surface area (Å²) in [6, 6.07) is 3.18. The number of allylic oxidation sites excluding steroid dienone is 1. The first kappa shape index (κ1) is 18.2. The highest BCUT2D eigenvalue weighted by molar-refractivity contribution is 5.99. The number of ether oxygens (including phenoxy) is 2. The van der Waals surface area contributed by atoms with Crippen molar-refractivity contribution < 1.29 is 19.4 Å². The number of hydrogen-bond acceptors (Lipinski definition) is 4. The van der Waals surface area contributed by atoms with Gasteiger partial charge in [0.25, 0.3) is 5.91 Å². The number of benzene rings is 1. The van der Waals surface area contributed by atoms with Crippen LogP contribution in [-0.4, -0.2) is 42.7 Å². The molecule has 1 N–H and O–H groups in total. The van der Waals surface area contributed by atoms with Crippen LogP contribution < -0.4 is 4.74 Å². The van der Waals surface area contributed by atoms with E-state index in [1.54, 1.807) is 6.07 Å². The minimum Gasteiger partial charge on any atom is -0.504 e. The summed E-state index contributed by atoms with van der Waals surface area (Å²) in [4.78, 5) is 14.8. The highest BCUT2D eigenvalue weighted by atomic mass is 16.5. The van der Waals surface area contributed by atoms with Gasteiger partial charge in [-0.1, -0.05) is 6.92 Å². The molecule has 132 valence electrons. The number of carbonyl (C=O) groups is 1. The molecular weight excluding hydrogens is 306 g/mol. The molecule has 1 heterocycles. The van der Waals surface area contributed by atoms with E-state index in [2.05, 4.69) is 0 Å². The van der Waals surface area contributed by atoms with Gasteiger partial charge in [0.15, 0.2) is 11.5 Å². The molecule has 1 amide bonds. The fourth-order valence-electron chi connectivity index (χ4n) is 2.97. The van der Waals surface area contributed by atoms with E-state index in [-0.39, 0.29) is 11.7 Å². The zero-order valence-electron chi connectivity index (χ0n) is 14.8. The molecule has 1 aliphatic heterocycles. The lowest BCUT2D eigenvalue weighted by molar-refractivity contribution is 0.0723. The monoisotopic (exact) mass is 333 g/mol. The first-order chi connectivity index (χ1) is 11.6. The van der Waals surface area contributed by atoms with Crippen molar-refractivity contribution in [3.05, 3.63) is 29.3 Å². The lowest BCUT2D eigenvalue weighted by Crippen LogP contribution is -2.36. The highest BCUT2D eigenvalue weighted by Crippen LogP contribution is 2.34. The van der Waals surface area contributed by atoms with Crippen molar-refractivity contribution in [2.45, 2.75) is 39.5 Å². The Morgan fingerprint density at radius 3 is 2.50 bits per heavy atom. The Morgan fingerprint density at radius 2 is 1.92 bits per heavy atom. The molecule has 0 unspecified atom stereocenters. The zero-order chi connectivity index (χ0) is 17.5. The summed E-state index contributed by atoms with van der Waals surface area (Å²) >= 11 is 0. The Morgan fingerprint density at radius 1 is 1.21 bits per heavy atom. The largest absolute Gasteiger partial charge is 0.504 e. The van der Waals surface area contributed by atoms with Crippen molar-refractivity contribution in [1.82, 2.24) is 4.90 Å². The third-order valence-electron chi connectivity index (χ3n) is 4.15. The molecule has 0 atom stereocenters. The van der Waals surface area contributed by atoms with E-state index in [0.29, 0.717) is 29.2 Å². The number of amides is 1. The van der Waals surface area contributed by atoms with Crippen molar-refractivity contribution >= 4 is 11.7 Å². The first-order valence-corrected chi connectivity index (χ1v) is 8.65. The van der Waals surface area contributed by atoms with Crippen LogP contribution in [0, 0.1) is 0 Å². The predicted octanol–water partition coefficient (Wildman–Crippen LogP) is 3.81. The maximum Gasteiger partial charge on any atom is 0.254 e. The van der Waals surface area contributed by atoms with Crippen LogP contribution in [0.5, 0.6) is 11.5 Å². The Hall–Kier alpha value is -2.17. The lowest BCUT2D eigenvalue weighted by atomic mass is 10.0. The smallest absolute Gasteiger partial charge is 0.254 e. The van der Waals surface area contributed by atoms with Crippen LogP contribution in [0.2, 0.25) is 0 Å². The number of phenolic OH excluding ortho intramolecular Hbond substituents is 1. The number of aromatic hydroxyl groups is 1. The van der Waals surface area contributed by atoms with Crippen LogP contribution in [-0.2, 0) is 4.74 Å². The molecule has 5 heteroatoms. The summed E-state index contributed by atoms with van der Waals surface area (Å²) in [6.45, 7) is 5.95. The molecule has 0 radical (unpaired) electrons. The second-order valence-corrected chi connectivity index (χ2v) is 5.83. The SMILES string of the molecule is CC/C=C(/OCC)c1cc(OC)c(O)cc1C(=O)N1CCCCC1. The minimum atomic E-state index is -0.0654. The van der Waals surface area contributed by atoms with Gasteiger partial charge in [0.2, 0.25) is 0 Å². The van der Waals surface area contributed by atoms with Crippen molar-refractivity contribution in [2.24, 2.45) is 0 Å². The molecule has 24 heavy (non-hydrogen) atoms. The van der Waals surface area contributed by atoms with Crippen LogP contribution in [0.1, 0.15) is 55.5 Å². The quantitative estimate of drug-likeness (QED) is 0.804. The summed E-state index contributed by atoms with van der Waals surface area (Å²) in [5, 5.41) is 10.1. The summed E-state index contributed by atoms with van der Waals surface area (Å²) in [6.07, 6.45) is 5.93. The first-order valence-electron chi connectivity index (χ1n) is 8.65. The number of nitrogens with zero attached hydrogens (tertiary/aromatic N) is 1. The maximum absolute atomic E-state index is 13.0. The van der Waals surface area contributed by atoms with Gasteiger partial charge in [-0.25, -0.2) is 0 Å². The maximum atomic E-state index is 13.0. The Kier molecular flexibility index (Phi) is 6.53. The van der Waals surface area contributed by atoms with Gasteiger partial charge in [-0.2, -0.15) is 0 Å². The van der Waals surface area contributed by atoms with Gasteiger partial charge in [0, 0.05) is 18.7 Å². The van der Waals surface area contributed by atoms with E-state index in [1.165, 1.54) is 13.2 Å². The average molecular weight is 333 g/mol. The molecule has 1 saturated heterocycles. The molecule has 0 spiro atoms. The zero-order valence-corrected chi connectivity index (χ0v) is 14.8. The molecule has 1 fully saturated rings. The molecular formula is C19H27NO4. The highest BCUT2D eigenvalue weighted by Gasteiger charge is 2.24. The van der Waals surface area contributed by atoms with Crippen LogP contribution >= 0.6 is 0 Å². The van der Waals surface area contributed by atoms with E-state index in [4.69, 9.17) is 9.47 Å². The molecule has 1 aromatic carbocycles. The standard InChI is InChI=1S/C19H27NO4/c1-4-9-17(24-5-2)14-13-18(23-3)16(21)12-15(14)19(22)20-10-7-6-8-11-20/h9,12-13,21H,4-8,10-11H2,1-3H3/b17-9+. The number of likely N-dealkylation sites (tertiary alicyclic amines) is 1. The van der Waals surface area contributed by atoms with Crippen molar-refractivity contribution in [3.8, 4) is 11.5 Å². The number of piperidine rings is 1. The van der Waals surface area contributed by atoms with Crippen molar-refractivity contribution in [2.75, 3.05) is 26.8 Å². The Labute approximate surface area is 143 Å². The van der Waals surface area contributed by atoms with Gasteiger partial charge in [-0.15, -0.1) is 0 Å². The Balaban J connectivity index is 2.49. The van der Waals surface area contributed by atoms with Crippen molar-refractivity contribution in [3.63, 3.8) is 0 Å². The molecule has 2 rings (SSSR count). The molecule has 1 aliphatic rings. The topological polar surface area (TPSA) is 59.0 Å². The summed E-state index contributed by atoms with van der Waals surface area (Å²) in [7, 11) is 1.49. The van der Waals surface area contributed by atoms with Crippen LogP contribution in [0.15, 0.2) is 18.2 Å². The van der Waals surface area contributed by atoms with E-state index >= 15 is 0 Å². The molecule has 0 aliphatic carbocycles. The summed E-state index contributed by atoms with van der Waals surface area (Å²) in [5.74, 6) is 0.888. The fraction of sp³-hybridized carbons (Fsp3) is 0.526. The van der Waals surface area contributed by atoms with Gasteiger partial charge in [0.05, 0.1) is 19.3 Å². The van der Waals surface area contributed by atoms with E-state index < -0.39 is 0 Å². The molecule has 5 nitrogen and oxygen atoms in total. The minimum absolute atomic E-state index is 0.0334. The second kappa shape index (κ2) is 8.62. The normalized spacial score (nSPS) is 15.3. The van der Waals surface area contributed by atoms with Crippen molar-refractivity contribution in [1.29, 1.82) is 0 Å². The van der Waals surface area contributed by atoms with Crippen LogP contribution in [0.4, 0.5) is 0 Å². The number of carbonyl (C=O) groups excluding carboxylic acids is 1. The average Bonchev–Trinajstić information content (AvgIpc) is 2.61. The van der Waals surface area contributed by atoms with Crippen LogP contribution in [0.3, 0.4) is 0 Å². The molecule has 0 bridgehead atoms. The summed E-state index contributed by atoms with van der Waals surface area (Å²) < 4.78 is 11.0. The lowest BCUT2D eigenvalue weighted by Gasteiger charge is -2.28. The predicted molar refractivity (Wildman–Crippen MR) is 94.3 cm³/mol. The van der Waals surface area contributed by atoms with E-state index in [0.717, 1.165) is 38.8 Å². The third-order valence-corrected chi connectivity index (χ3v) is 4.15. The number of hydrogen-bond donors (Lipinski definition) is 1. The Bertz CT molecular complexity index is 604. The number of methoxy groups -OCH3 is 1. The number of rotatable bonds is 6. The second-order valence-electron chi connectivity index (χ2n) is 5.83. The summed E-state index contributed by atoms with van der Waals surface area (Å²) in [5.41, 5.74) is 1.13. The molecule has 1 aromatic rings. The van der Waals surface area contributed by atoms with Crippen LogP contribution in [0.25, 0.3) is 5.76 Å².